The summed E-state index contributed by atoms with van der Waals surface area (Å²) in [4.78, 5) is 17.5. The molecule has 2 aliphatic heterocycles. The molecule has 7 heteroatoms. The third-order valence-electron chi connectivity index (χ3n) is 6.68. The zero-order valence-electron chi connectivity index (χ0n) is 17.9. The Morgan fingerprint density at radius 2 is 1.65 bits per heavy atom. The van der Waals surface area contributed by atoms with Gasteiger partial charge in [-0.25, -0.2) is 8.78 Å². The Kier molecular flexibility index (Phi) is 7.55. The van der Waals surface area contributed by atoms with Gasteiger partial charge in [-0.3, -0.25) is 9.69 Å². The number of nitrogens with one attached hydrogen (secondary N) is 1. The van der Waals surface area contributed by atoms with Crippen LogP contribution in [0.2, 0.25) is 0 Å². The van der Waals surface area contributed by atoms with Crippen LogP contribution in [-0.4, -0.2) is 43.5 Å². The smallest absolute Gasteiger partial charge is 0.235 e. The SMILES string of the molecule is CCC1(CCCCN2CCN(c3ccc(F)cc3)CC2)C(=O)Nc2cc(F)ccc21.Cl. The number of rotatable bonds is 7. The maximum absolute atomic E-state index is 13.5. The molecule has 1 amide bonds. The molecule has 0 aliphatic carbocycles. The molecule has 4 rings (SSSR count). The highest BCUT2D eigenvalue weighted by Gasteiger charge is 2.44. The molecular weight excluding hydrogens is 420 g/mol. The summed E-state index contributed by atoms with van der Waals surface area (Å²) in [6.07, 6.45) is 3.48. The summed E-state index contributed by atoms with van der Waals surface area (Å²) in [5.74, 6) is -0.523. The molecule has 2 aromatic rings. The molecule has 1 unspecified atom stereocenters. The maximum Gasteiger partial charge on any atom is 0.235 e. The van der Waals surface area contributed by atoms with E-state index in [1.807, 2.05) is 19.1 Å². The van der Waals surface area contributed by atoms with E-state index < -0.39 is 5.41 Å². The van der Waals surface area contributed by atoms with Gasteiger partial charge in [-0.05, 0) is 67.8 Å². The third-order valence-corrected chi connectivity index (χ3v) is 6.68. The molecular formula is C24H30ClF2N3O. The predicted octanol–water partition coefficient (Wildman–Crippen LogP) is 4.98. The molecule has 2 aromatic carbocycles. The molecule has 2 aliphatic rings. The number of fused-ring (bicyclic) bond motifs is 1. The van der Waals surface area contributed by atoms with Crippen molar-refractivity contribution in [2.24, 2.45) is 0 Å². The van der Waals surface area contributed by atoms with E-state index in [-0.39, 0.29) is 29.9 Å². The summed E-state index contributed by atoms with van der Waals surface area (Å²) >= 11 is 0. The van der Waals surface area contributed by atoms with Crippen LogP contribution in [0.3, 0.4) is 0 Å². The number of amides is 1. The first-order valence-electron chi connectivity index (χ1n) is 10.9. The molecule has 0 radical (unpaired) electrons. The second-order valence-corrected chi connectivity index (χ2v) is 8.34. The molecule has 0 aromatic heterocycles. The minimum atomic E-state index is -0.537. The number of carbonyl (C=O) groups is 1. The molecule has 0 spiro atoms. The van der Waals surface area contributed by atoms with E-state index in [0.717, 1.165) is 63.2 Å². The first-order chi connectivity index (χ1) is 14.5. The minimum Gasteiger partial charge on any atom is -0.369 e. The van der Waals surface area contributed by atoms with Gasteiger partial charge in [-0.2, -0.15) is 0 Å². The Balaban J connectivity index is 0.00000272. The number of hydrogen-bond donors (Lipinski definition) is 1. The van der Waals surface area contributed by atoms with Gasteiger partial charge in [0, 0.05) is 37.6 Å². The molecule has 168 valence electrons. The first kappa shape index (κ1) is 23.5. The topological polar surface area (TPSA) is 35.6 Å². The van der Waals surface area contributed by atoms with E-state index in [2.05, 4.69) is 15.1 Å². The van der Waals surface area contributed by atoms with Crippen LogP contribution in [0.25, 0.3) is 0 Å². The van der Waals surface area contributed by atoms with Gasteiger partial charge in [0.1, 0.15) is 11.6 Å². The van der Waals surface area contributed by atoms with Crippen LogP contribution in [0.1, 0.15) is 38.2 Å². The lowest BCUT2D eigenvalue weighted by molar-refractivity contribution is -0.121. The molecule has 1 atom stereocenters. The number of hydrogen-bond acceptors (Lipinski definition) is 3. The Morgan fingerprint density at radius 3 is 2.32 bits per heavy atom. The number of piperazine rings is 1. The Morgan fingerprint density at radius 1 is 0.968 bits per heavy atom. The highest BCUT2D eigenvalue weighted by Crippen LogP contribution is 2.44. The zero-order chi connectivity index (χ0) is 21.1. The third kappa shape index (κ3) is 4.85. The molecule has 4 nitrogen and oxygen atoms in total. The summed E-state index contributed by atoms with van der Waals surface area (Å²) in [6.45, 7) is 6.89. The number of carbonyl (C=O) groups excluding carboxylic acids is 1. The van der Waals surface area contributed by atoms with E-state index in [4.69, 9.17) is 0 Å². The Bertz CT molecular complexity index is 900. The first-order valence-corrected chi connectivity index (χ1v) is 10.9. The summed E-state index contributed by atoms with van der Waals surface area (Å²) in [7, 11) is 0. The monoisotopic (exact) mass is 449 g/mol. The van der Waals surface area contributed by atoms with Crippen LogP contribution in [0.5, 0.6) is 0 Å². The van der Waals surface area contributed by atoms with Gasteiger partial charge in [-0.15, -0.1) is 12.4 Å². The summed E-state index contributed by atoms with van der Waals surface area (Å²) in [5.41, 5.74) is 2.09. The van der Waals surface area contributed by atoms with E-state index in [1.54, 1.807) is 6.07 Å². The van der Waals surface area contributed by atoms with Crippen LogP contribution in [0.4, 0.5) is 20.2 Å². The van der Waals surface area contributed by atoms with Crippen molar-refractivity contribution in [3.63, 3.8) is 0 Å². The van der Waals surface area contributed by atoms with Gasteiger partial charge < -0.3 is 10.2 Å². The molecule has 0 bridgehead atoms. The Hall–Kier alpha value is -2.18. The van der Waals surface area contributed by atoms with Crippen molar-refractivity contribution in [1.29, 1.82) is 0 Å². The largest absolute Gasteiger partial charge is 0.369 e. The van der Waals surface area contributed by atoms with Crippen LogP contribution < -0.4 is 10.2 Å². The van der Waals surface area contributed by atoms with Crippen LogP contribution >= 0.6 is 12.4 Å². The second kappa shape index (κ2) is 9.96. The standard InChI is InChI=1S/C24H29F2N3O.ClH/c1-2-24(21-10-7-19(26)17-22(21)27-23(24)30)11-3-4-12-28-13-15-29(16-14-28)20-8-5-18(25)6-9-20;/h5-10,17H,2-4,11-16H2,1H3,(H,27,30);1H. The molecule has 1 N–H and O–H groups in total. The lowest BCUT2D eigenvalue weighted by Crippen LogP contribution is -2.46. The number of benzene rings is 2. The number of unbranched alkanes of at least 4 members (excludes halogenated alkanes) is 1. The van der Waals surface area contributed by atoms with Gasteiger partial charge in [0.05, 0.1) is 5.41 Å². The summed E-state index contributed by atoms with van der Waals surface area (Å²) in [6, 6.07) is 11.3. The van der Waals surface area contributed by atoms with Crippen LogP contribution in [0.15, 0.2) is 42.5 Å². The van der Waals surface area contributed by atoms with E-state index in [1.165, 1.54) is 24.3 Å². The van der Waals surface area contributed by atoms with Crippen molar-refractivity contribution in [2.45, 2.75) is 38.0 Å². The second-order valence-electron chi connectivity index (χ2n) is 8.34. The van der Waals surface area contributed by atoms with Gasteiger partial charge >= 0.3 is 0 Å². The average molecular weight is 450 g/mol. The predicted molar refractivity (Wildman–Crippen MR) is 123 cm³/mol. The Labute approximate surface area is 189 Å². The summed E-state index contributed by atoms with van der Waals surface area (Å²) < 4.78 is 26.6. The molecule has 1 saturated heterocycles. The number of anilines is 2. The lowest BCUT2D eigenvalue weighted by atomic mass is 9.75. The highest BCUT2D eigenvalue weighted by atomic mass is 35.5. The molecule has 0 saturated carbocycles. The fourth-order valence-corrected chi connectivity index (χ4v) is 4.82. The van der Waals surface area contributed by atoms with Gasteiger partial charge in [0.25, 0.3) is 0 Å². The molecule has 1 fully saturated rings. The minimum absolute atomic E-state index is 0. The molecule has 2 heterocycles. The number of halogens is 3. The lowest BCUT2D eigenvalue weighted by Gasteiger charge is -2.36. The van der Waals surface area contributed by atoms with Crippen molar-refractivity contribution >= 4 is 29.7 Å². The van der Waals surface area contributed by atoms with Crippen molar-refractivity contribution in [2.75, 3.05) is 42.9 Å². The maximum atomic E-state index is 13.5. The average Bonchev–Trinajstić information content (AvgIpc) is 3.03. The summed E-state index contributed by atoms with van der Waals surface area (Å²) in [5, 5.41) is 2.88. The van der Waals surface area contributed by atoms with Crippen LogP contribution in [-0.2, 0) is 10.2 Å². The van der Waals surface area contributed by atoms with Crippen molar-refractivity contribution in [3.8, 4) is 0 Å². The number of nitrogens with zero attached hydrogens (tertiary/aromatic N) is 2. The highest BCUT2D eigenvalue weighted by molar-refractivity contribution is 6.06. The fraction of sp³-hybridized carbons (Fsp3) is 0.458. The quantitative estimate of drug-likeness (QED) is 0.605. The van der Waals surface area contributed by atoms with Crippen molar-refractivity contribution in [1.82, 2.24) is 4.90 Å². The van der Waals surface area contributed by atoms with E-state index in [0.29, 0.717) is 12.1 Å². The van der Waals surface area contributed by atoms with Crippen LogP contribution in [0, 0.1) is 11.6 Å². The van der Waals surface area contributed by atoms with Crippen molar-refractivity contribution < 1.29 is 13.6 Å². The normalized spacial score (nSPS) is 20.9. The molecule has 31 heavy (non-hydrogen) atoms. The van der Waals surface area contributed by atoms with Crippen molar-refractivity contribution in [3.05, 3.63) is 59.7 Å². The fourth-order valence-electron chi connectivity index (χ4n) is 4.82. The van der Waals surface area contributed by atoms with E-state index in [9.17, 15) is 13.6 Å². The van der Waals surface area contributed by atoms with Gasteiger partial charge in [-0.1, -0.05) is 19.4 Å². The van der Waals surface area contributed by atoms with Gasteiger partial charge in [0.2, 0.25) is 5.91 Å². The van der Waals surface area contributed by atoms with E-state index >= 15 is 0 Å². The van der Waals surface area contributed by atoms with Gasteiger partial charge in [0.15, 0.2) is 0 Å². The zero-order valence-corrected chi connectivity index (χ0v) is 18.7.